The SMILES string of the molecule is C[C@H](CC(=O)O)[C@H]1CCC2C3C(=O)[C@H](C)C4C[C@H](O)CC[C@]4(C)C3CC[C@@]21C. The second-order valence-electron chi connectivity index (χ2n) is 11.3. The summed E-state index contributed by atoms with van der Waals surface area (Å²) in [6.07, 6.45) is 7.06. The lowest BCUT2D eigenvalue weighted by atomic mass is 9.42. The van der Waals surface area contributed by atoms with Crippen molar-refractivity contribution in [3.63, 3.8) is 0 Å². The molecule has 4 fully saturated rings. The Kier molecular flexibility index (Phi) is 4.96. The predicted octanol–water partition coefficient (Wildman–Crippen LogP) is 4.54. The van der Waals surface area contributed by atoms with E-state index in [1.807, 2.05) is 0 Å². The molecule has 0 aliphatic heterocycles. The molecule has 4 aliphatic rings. The first-order chi connectivity index (χ1) is 13.1. The van der Waals surface area contributed by atoms with Crippen molar-refractivity contribution in [2.75, 3.05) is 0 Å². The Morgan fingerprint density at radius 3 is 2.39 bits per heavy atom. The van der Waals surface area contributed by atoms with Crippen molar-refractivity contribution in [1.82, 2.24) is 0 Å². The maximum atomic E-state index is 13.6. The third kappa shape index (κ3) is 2.80. The van der Waals surface area contributed by atoms with E-state index in [1.54, 1.807) is 0 Å². The molecule has 4 unspecified atom stereocenters. The summed E-state index contributed by atoms with van der Waals surface area (Å²) in [5.41, 5.74) is 0.270. The summed E-state index contributed by atoms with van der Waals surface area (Å²) < 4.78 is 0. The van der Waals surface area contributed by atoms with Crippen LogP contribution in [0.2, 0.25) is 0 Å². The molecule has 28 heavy (non-hydrogen) atoms. The number of rotatable bonds is 3. The van der Waals surface area contributed by atoms with Gasteiger partial charge in [0.15, 0.2) is 0 Å². The van der Waals surface area contributed by atoms with Crippen molar-refractivity contribution in [2.24, 2.45) is 52.3 Å². The van der Waals surface area contributed by atoms with Crippen molar-refractivity contribution in [3.8, 4) is 0 Å². The maximum absolute atomic E-state index is 13.6. The number of aliphatic carboxylic acids is 1. The van der Waals surface area contributed by atoms with Gasteiger partial charge in [-0.15, -0.1) is 0 Å². The van der Waals surface area contributed by atoms with Crippen LogP contribution in [0.3, 0.4) is 0 Å². The van der Waals surface area contributed by atoms with Crippen molar-refractivity contribution < 1.29 is 19.8 Å². The van der Waals surface area contributed by atoms with Gasteiger partial charge in [0.25, 0.3) is 0 Å². The van der Waals surface area contributed by atoms with E-state index in [9.17, 15) is 19.8 Å². The van der Waals surface area contributed by atoms with Crippen LogP contribution in [-0.2, 0) is 9.59 Å². The van der Waals surface area contributed by atoms with Gasteiger partial charge in [0.05, 0.1) is 6.10 Å². The van der Waals surface area contributed by atoms with Gasteiger partial charge in [0.1, 0.15) is 5.78 Å². The minimum absolute atomic E-state index is 0.0408. The lowest BCUT2D eigenvalue weighted by Crippen LogP contribution is -2.60. The Balaban J connectivity index is 1.65. The summed E-state index contributed by atoms with van der Waals surface area (Å²) in [5, 5.41) is 19.6. The number of carboxylic acid groups (broad SMARTS) is 1. The van der Waals surface area contributed by atoms with Gasteiger partial charge in [-0.25, -0.2) is 0 Å². The van der Waals surface area contributed by atoms with E-state index in [-0.39, 0.29) is 41.1 Å². The molecule has 4 nitrogen and oxygen atoms in total. The van der Waals surface area contributed by atoms with Gasteiger partial charge in [-0.2, -0.15) is 0 Å². The molecule has 0 aromatic rings. The van der Waals surface area contributed by atoms with Gasteiger partial charge in [-0.1, -0.05) is 27.7 Å². The van der Waals surface area contributed by atoms with E-state index in [0.717, 1.165) is 44.9 Å². The fourth-order valence-corrected chi connectivity index (χ4v) is 8.75. The Labute approximate surface area is 169 Å². The molecule has 0 radical (unpaired) electrons. The van der Waals surface area contributed by atoms with Gasteiger partial charge >= 0.3 is 5.97 Å². The molecule has 0 aromatic carbocycles. The number of carboxylic acids is 1. The zero-order valence-electron chi connectivity index (χ0n) is 18.0. The number of fused-ring (bicyclic) bond motifs is 5. The lowest BCUT2D eigenvalue weighted by molar-refractivity contribution is -0.171. The van der Waals surface area contributed by atoms with Gasteiger partial charge in [-0.05, 0) is 85.4 Å². The molecule has 4 saturated carbocycles. The number of carbonyl (C=O) groups excluding carboxylic acids is 1. The fraction of sp³-hybridized carbons (Fsp3) is 0.917. The van der Waals surface area contributed by atoms with E-state index in [2.05, 4.69) is 27.7 Å². The van der Waals surface area contributed by atoms with Crippen LogP contribution in [0, 0.1) is 52.3 Å². The molecule has 0 heterocycles. The first kappa shape index (κ1) is 20.4. The number of carbonyl (C=O) groups is 2. The number of aliphatic hydroxyl groups excluding tert-OH is 1. The van der Waals surface area contributed by atoms with Crippen LogP contribution in [0.25, 0.3) is 0 Å². The van der Waals surface area contributed by atoms with E-state index >= 15 is 0 Å². The zero-order chi connectivity index (χ0) is 20.4. The number of hydrogen-bond donors (Lipinski definition) is 2. The zero-order valence-corrected chi connectivity index (χ0v) is 18.0. The quantitative estimate of drug-likeness (QED) is 0.742. The molecule has 158 valence electrons. The van der Waals surface area contributed by atoms with Crippen LogP contribution < -0.4 is 0 Å². The molecule has 4 aliphatic carbocycles. The van der Waals surface area contributed by atoms with Crippen molar-refractivity contribution >= 4 is 11.8 Å². The summed E-state index contributed by atoms with van der Waals surface area (Å²) >= 11 is 0. The van der Waals surface area contributed by atoms with Gasteiger partial charge in [0.2, 0.25) is 0 Å². The number of aliphatic hydroxyl groups is 1. The van der Waals surface area contributed by atoms with Crippen LogP contribution in [0.15, 0.2) is 0 Å². The minimum Gasteiger partial charge on any atom is -0.481 e. The average Bonchev–Trinajstić information content (AvgIpc) is 2.97. The van der Waals surface area contributed by atoms with E-state index in [0.29, 0.717) is 29.5 Å². The Morgan fingerprint density at radius 2 is 1.71 bits per heavy atom. The lowest BCUT2D eigenvalue weighted by Gasteiger charge is -2.62. The van der Waals surface area contributed by atoms with Crippen LogP contribution in [0.5, 0.6) is 0 Å². The number of Topliss-reactive ketones (excluding diaryl/α,β-unsaturated/α-hetero) is 1. The van der Waals surface area contributed by atoms with Gasteiger partial charge in [0, 0.05) is 18.3 Å². The fourth-order valence-electron chi connectivity index (χ4n) is 8.75. The molecule has 0 bridgehead atoms. The Bertz CT molecular complexity index is 659. The average molecular weight is 391 g/mol. The largest absolute Gasteiger partial charge is 0.481 e. The second-order valence-corrected chi connectivity index (χ2v) is 11.3. The topological polar surface area (TPSA) is 74.6 Å². The molecule has 10 atom stereocenters. The van der Waals surface area contributed by atoms with Crippen LogP contribution in [0.4, 0.5) is 0 Å². The molecule has 0 saturated heterocycles. The highest BCUT2D eigenvalue weighted by Gasteiger charge is 2.64. The molecule has 4 heteroatoms. The smallest absolute Gasteiger partial charge is 0.303 e. The summed E-state index contributed by atoms with van der Waals surface area (Å²) in [6.45, 7) is 8.99. The molecule has 0 spiro atoms. The second kappa shape index (κ2) is 6.82. The van der Waals surface area contributed by atoms with Crippen LogP contribution >= 0.6 is 0 Å². The maximum Gasteiger partial charge on any atom is 0.303 e. The van der Waals surface area contributed by atoms with E-state index in [1.165, 1.54) is 0 Å². The van der Waals surface area contributed by atoms with Crippen LogP contribution in [-0.4, -0.2) is 28.1 Å². The Morgan fingerprint density at radius 1 is 1.07 bits per heavy atom. The third-order valence-electron chi connectivity index (χ3n) is 10.1. The monoisotopic (exact) mass is 390 g/mol. The van der Waals surface area contributed by atoms with Gasteiger partial charge < -0.3 is 10.2 Å². The normalized spacial score (nSPS) is 51.8. The molecule has 0 amide bonds. The predicted molar refractivity (Wildman–Crippen MR) is 108 cm³/mol. The molecule has 4 rings (SSSR count). The van der Waals surface area contributed by atoms with Gasteiger partial charge in [-0.3, -0.25) is 9.59 Å². The molecular weight excluding hydrogens is 352 g/mol. The summed E-state index contributed by atoms with van der Waals surface area (Å²) in [5.74, 6) is 1.69. The summed E-state index contributed by atoms with van der Waals surface area (Å²) in [6, 6.07) is 0. The minimum atomic E-state index is -0.702. The van der Waals surface area contributed by atoms with E-state index in [4.69, 9.17) is 0 Å². The standard InChI is InChI=1S/C24H38O4/c1-13(11-20(26)27)16-5-6-17-21-18(8-10-23(16,17)3)24(4)9-7-15(25)12-19(24)14(2)22(21)28/h13-19,21,25H,5-12H2,1-4H3,(H,26,27)/t13-,14-,15-,16-,17?,18?,19?,21?,23-,24-/m1/s1. The summed E-state index contributed by atoms with van der Waals surface area (Å²) in [4.78, 5) is 24.9. The Hall–Kier alpha value is -0.900. The molecular formula is C24H38O4. The van der Waals surface area contributed by atoms with Crippen LogP contribution in [0.1, 0.15) is 79.1 Å². The highest BCUT2D eigenvalue weighted by Crippen LogP contribution is 2.68. The van der Waals surface area contributed by atoms with Crippen molar-refractivity contribution in [2.45, 2.75) is 85.2 Å². The first-order valence-electron chi connectivity index (χ1n) is 11.5. The highest BCUT2D eigenvalue weighted by atomic mass is 16.4. The molecule has 2 N–H and O–H groups in total. The first-order valence-corrected chi connectivity index (χ1v) is 11.5. The van der Waals surface area contributed by atoms with E-state index < -0.39 is 5.97 Å². The number of ketones is 1. The van der Waals surface area contributed by atoms with Crippen molar-refractivity contribution in [1.29, 1.82) is 0 Å². The molecule has 0 aromatic heterocycles. The third-order valence-corrected chi connectivity index (χ3v) is 10.1. The highest BCUT2D eigenvalue weighted by molar-refractivity contribution is 5.85. The summed E-state index contributed by atoms with van der Waals surface area (Å²) in [7, 11) is 0. The van der Waals surface area contributed by atoms with Crippen molar-refractivity contribution in [3.05, 3.63) is 0 Å². The number of hydrogen-bond acceptors (Lipinski definition) is 3.